The first-order chi connectivity index (χ1) is 8.33. The summed E-state index contributed by atoms with van der Waals surface area (Å²) in [7, 11) is 0. The van der Waals surface area contributed by atoms with E-state index in [2.05, 4.69) is 11.9 Å². The first-order valence-corrected chi connectivity index (χ1v) is 6.71. The van der Waals surface area contributed by atoms with E-state index in [4.69, 9.17) is 0 Å². The van der Waals surface area contributed by atoms with Gasteiger partial charge in [0.1, 0.15) is 0 Å². The quantitative estimate of drug-likeness (QED) is 0.643. The molecule has 0 radical (unpaired) electrons. The lowest BCUT2D eigenvalue weighted by molar-refractivity contribution is 0.103. The van der Waals surface area contributed by atoms with Gasteiger partial charge in [-0.2, -0.15) is 0 Å². The van der Waals surface area contributed by atoms with Gasteiger partial charge < -0.3 is 4.98 Å². The van der Waals surface area contributed by atoms with Crippen molar-refractivity contribution in [1.82, 2.24) is 4.98 Å². The highest BCUT2D eigenvalue weighted by atomic mass is 32.2. The number of benzene rings is 1. The fourth-order valence-electron chi connectivity index (χ4n) is 1.61. The summed E-state index contributed by atoms with van der Waals surface area (Å²) in [4.78, 5) is 16.3. The van der Waals surface area contributed by atoms with E-state index in [1.807, 2.05) is 36.4 Å². The fraction of sp³-hybridized carbons (Fsp3) is 0.214. The molecule has 1 aromatic carbocycles. The normalized spacial score (nSPS) is 10.4. The van der Waals surface area contributed by atoms with E-state index in [1.165, 1.54) is 0 Å². The van der Waals surface area contributed by atoms with Crippen molar-refractivity contribution < 1.29 is 4.79 Å². The lowest BCUT2D eigenvalue weighted by Crippen LogP contribution is -2.03. The molecule has 1 aromatic heterocycles. The Morgan fingerprint density at radius 3 is 2.76 bits per heavy atom. The number of aromatic nitrogens is 1. The largest absolute Gasteiger partial charge is 0.359 e. The predicted octanol–water partition coefficient (Wildman–Crippen LogP) is 3.75. The first-order valence-electron chi connectivity index (χ1n) is 5.73. The van der Waals surface area contributed by atoms with E-state index in [-0.39, 0.29) is 5.78 Å². The van der Waals surface area contributed by atoms with Gasteiger partial charge in [-0.25, -0.2) is 0 Å². The third kappa shape index (κ3) is 2.80. The van der Waals surface area contributed by atoms with Crippen LogP contribution in [0.25, 0.3) is 0 Å². The Morgan fingerprint density at radius 1 is 1.24 bits per heavy atom. The summed E-state index contributed by atoms with van der Waals surface area (Å²) in [6, 6.07) is 11.4. The van der Waals surface area contributed by atoms with Crippen LogP contribution in [0.3, 0.4) is 0 Å². The first kappa shape index (κ1) is 12.0. The summed E-state index contributed by atoms with van der Waals surface area (Å²) in [5.41, 5.74) is 1.43. The van der Waals surface area contributed by atoms with Gasteiger partial charge in [0.05, 0.1) is 5.69 Å². The maximum atomic E-state index is 12.2. The zero-order valence-electron chi connectivity index (χ0n) is 9.77. The molecule has 0 spiro atoms. The van der Waals surface area contributed by atoms with Crippen LogP contribution in [-0.4, -0.2) is 16.5 Å². The Labute approximate surface area is 105 Å². The molecule has 0 aliphatic heterocycles. The van der Waals surface area contributed by atoms with Crippen LogP contribution in [0, 0.1) is 0 Å². The average Bonchev–Trinajstić information content (AvgIpc) is 2.89. The fourth-order valence-corrected chi connectivity index (χ4v) is 2.52. The summed E-state index contributed by atoms with van der Waals surface area (Å²) >= 11 is 1.74. The van der Waals surface area contributed by atoms with Gasteiger partial charge in [0.2, 0.25) is 5.78 Å². The molecule has 17 heavy (non-hydrogen) atoms. The Balaban J connectivity index is 2.28. The van der Waals surface area contributed by atoms with Gasteiger partial charge in [0.15, 0.2) is 0 Å². The highest BCUT2D eigenvalue weighted by Gasteiger charge is 2.13. The Morgan fingerprint density at radius 2 is 2.06 bits per heavy atom. The smallest absolute Gasteiger partial charge is 0.210 e. The van der Waals surface area contributed by atoms with Crippen molar-refractivity contribution >= 4 is 17.5 Å². The van der Waals surface area contributed by atoms with Gasteiger partial charge in [-0.1, -0.05) is 19.1 Å². The van der Waals surface area contributed by atoms with Crippen LogP contribution in [0.15, 0.2) is 47.5 Å². The van der Waals surface area contributed by atoms with Crippen LogP contribution in [0.2, 0.25) is 0 Å². The van der Waals surface area contributed by atoms with Crippen LogP contribution < -0.4 is 0 Å². The summed E-state index contributed by atoms with van der Waals surface area (Å²) in [5, 5.41) is 0. The zero-order chi connectivity index (χ0) is 12.1. The minimum atomic E-state index is 0.0641. The number of hydrogen-bond acceptors (Lipinski definition) is 2. The average molecular weight is 245 g/mol. The number of hydrogen-bond donors (Lipinski definition) is 1. The number of rotatable bonds is 5. The number of aromatic amines is 1. The van der Waals surface area contributed by atoms with Crippen molar-refractivity contribution in [3.8, 4) is 0 Å². The minimum Gasteiger partial charge on any atom is -0.359 e. The van der Waals surface area contributed by atoms with Crippen LogP contribution in [0.5, 0.6) is 0 Å². The summed E-state index contributed by atoms with van der Waals surface area (Å²) in [6.45, 7) is 2.14. The molecule has 88 valence electrons. The molecule has 1 N–H and O–H groups in total. The molecule has 0 unspecified atom stereocenters. The van der Waals surface area contributed by atoms with E-state index in [0.29, 0.717) is 5.69 Å². The number of thioether (sulfide) groups is 1. The highest BCUT2D eigenvalue weighted by Crippen LogP contribution is 2.24. The number of nitrogens with one attached hydrogen (secondary N) is 1. The van der Waals surface area contributed by atoms with Crippen LogP contribution >= 0.6 is 11.8 Å². The second-order valence-electron chi connectivity index (χ2n) is 3.76. The molecule has 2 nitrogen and oxygen atoms in total. The SMILES string of the molecule is CCCSc1ccccc1C(=O)c1ccc[nH]1. The van der Waals surface area contributed by atoms with E-state index in [9.17, 15) is 4.79 Å². The molecule has 0 saturated heterocycles. The lowest BCUT2D eigenvalue weighted by Gasteiger charge is -2.06. The highest BCUT2D eigenvalue weighted by molar-refractivity contribution is 7.99. The minimum absolute atomic E-state index is 0.0641. The topological polar surface area (TPSA) is 32.9 Å². The predicted molar refractivity (Wildman–Crippen MR) is 71.7 cm³/mol. The van der Waals surface area contributed by atoms with E-state index in [1.54, 1.807) is 18.0 Å². The molecule has 1 heterocycles. The van der Waals surface area contributed by atoms with Crippen molar-refractivity contribution in [2.75, 3.05) is 5.75 Å². The standard InChI is InChI=1S/C14H15NOS/c1-2-10-17-13-8-4-3-6-11(13)14(16)12-7-5-9-15-12/h3-9,15H,2,10H2,1H3. The van der Waals surface area contributed by atoms with E-state index in [0.717, 1.165) is 22.6 Å². The second kappa shape index (κ2) is 5.73. The molecule has 0 fully saturated rings. The van der Waals surface area contributed by atoms with Gasteiger partial charge in [-0.3, -0.25) is 4.79 Å². The van der Waals surface area contributed by atoms with Crippen molar-refractivity contribution in [1.29, 1.82) is 0 Å². The third-order valence-electron chi connectivity index (χ3n) is 2.44. The maximum Gasteiger partial charge on any atom is 0.210 e. The molecule has 0 atom stereocenters. The van der Waals surface area contributed by atoms with Gasteiger partial charge in [0, 0.05) is 16.7 Å². The van der Waals surface area contributed by atoms with Crippen LogP contribution in [0.1, 0.15) is 29.4 Å². The molecule has 0 bridgehead atoms. The monoisotopic (exact) mass is 245 g/mol. The van der Waals surface area contributed by atoms with E-state index >= 15 is 0 Å². The van der Waals surface area contributed by atoms with E-state index < -0.39 is 0 Å². The number of carbonyl (C=O) groups is 1. The van der Waals surface area contributed by atoms with Crippen molar-refractivity contribution in [3.05, 3.63) is 53.9 Å². The van der Waals surface area contributed by atoms with Gasteiger partial charge in [-0.05, 0) is 36.4 Å². The molecule has 3 heteroatoms. The number of carbonyl (C=O) groups excluding carboxylic acids is 1. The molecule has 0 aliphatic rings. The summed E-state index contributed by atoms with van der Waals surface area (Å²) in [6.07, 6.45) is 2.88. The summed E-state index contributed by atoms with van der Waals surface area (Å²) in [5.74, 6) is 1.10. The Hall–Kier alpha value is -1.48. The van der Waals surface area contributed by atoms with Gasteiger partial charge >= 0.3 is 0 Å². The van der Waals surface area contributed by atoms with Crippen LogP contribution in [0.4, 0.5) is 0 Å². The van der Waals surface area contributed by atoms with Crippen molar-refractivity contribution in [2.45, 2.75) is 18.2 Å². The zero-order valence-corrected chi connectivity index (χ0v) is 10.6. The molecule has 0 amide bonds. The van der Waals surface area contributed by atoms with Gasteiger partial charge in [0.25, 0.3) is 0 Å². The Kier molecular flexibility index (Phi) is 4.04. The van der Waals surface area contributed by atoms with Crippen molar-refractivity contribution in [3.63, 3.8) is 0 Å². The maximum absolute atomic E-state index is 12.2. The molecular formula is C14H15NOS. The van der Waals surface area contributed by atoms with Gasteiger partial charge in [-0.15, -0.1) is 11.8 Å². The molecule has 0 saturated carbocycles. The lowest BCUT2D eigenvalue weighted by atomic mass is 10.1. The molecular weight excluding hydrogens is 230 g/mol. The summed E-state index contributed by atoms with van der Waals surface area (Å²) < 4.78 is 0. The van der Waals surface area contributed by atoms with Crippen LogP contribution in [-0.2, 0) is 0 Å². The molecule has 2 aromatic rings. The van der Waals surface area contributed by atoms with Crippen molar-refractivity contribution in [2.24, 2.45) is 0 Å². The Bertz CT molecular complexity index is 491. The number of ketones is 1. The number of H-pyrrole nitrogens is 1. The molecule has 2 rings (SSSR count). The second-order valence-corrected chi connectivity index (χ2v) is 4.89. The molecule has 0 aliphatic carbocycles. The third-order valence-corrected chi connectivity index (χ3v) is 3.72.